The van der Waals surface area contributed by atoms with Gasteiger partial charge in [0.2, 0.25) is 0 Å². The molecule has 0 bridgehead atoms. The van der Waals surface area contributed by atoms with E-state index in [1.54, 1.807) is 6.92 Å². The zero-order valence-electron chi connectivity index (χ0n) is 19.1. The topological polar surface area (TPSA) is 9.23 Å². The Kier molecular flexibility index (Phi) is 7.97. The molecular weight excluding hydrogens is 430 g/mol. The molecular formula is C25H36F6O. The molecule has 0 amide bonds. The van der Waals surface area contributed by atoms with E-state index < -0.39 is 35.2 Å². The first kappa shape index (κ1) is 25.5. The fraction of sp³-hybridized carbons (Fsp3) is 0.840. The van der Waals surface area contributed by atoms with Crippen molar-refractivity contribution < 1.29 is 31.1 Å². The van der Waals surface area contributed by atoms with Crippen LogP contribution in [0.25, 0.3) is 0 Å². The molecule has 0 aromatic carbocycles. The Bertz CT molecular complexity index is 683. The van der Waals surface area contributed by atoms with E-state index in [1.807, 2.05) is 0 Å². The van der Waals surface area contributed by atoms with Gasteiger partial charge in [-0.25, -0.2) is 0 Å². The van der Waals surface area contributed by atoms with E-state index >= 15 is 0 Å². The molecule has 0 aromatic heterocycles. The summed E-state index contributed by atoms with van der Waals surface area (Å²) < 4.78 is 91.2. The molecule has 0 spiro atoms. The van der Waals surface area contributed by atoms with Gasteiger partial charge in [-0.3, -0.25) is 0 Å². The minimum atomic E-state index is -4.79. The maximum atomic E-state index is 14.8. The molecule has 2 saturated carbocycles. The molecule has 1 nitrogen and oxygen atoms in total. The fourth-order valence-corrected chi connectivity index (χ4v) is 5.86. The summed E-state index contributed by atoms with van der Waals surface area (Å²) in [7, 11) is 0. The average molecular weight is 467 g/mol. The Labute approximate surface area is 187 Å². The highest BCUT2D eigenvalue weighted by Crippen LogP contribution is 2.52. The number of hydrogen-bond acceptors (Lipinski definition) is 1. The van der Waals surface area contributed by atoms with Crippen LogP contribution in [0.5, 0.6) is 0 Å². The van der Waals surface area contributed by atoms with Crippen LogP contribution in [-0.2, 0) is 4.74 Å². The number of ether oxygens (including phenoxy) is 1. The van der Waals surface area contributed by atoms with Gasteiger partial charge in [-0.2, -0.15) is 26.3 Å². The molecule has 3 aliphatic carbocycles. The largest absolute Gasteiger partial charge is 0.430 e. The summed E-state index contributed by atoms with van der Waals surface area (Å²) in [6.45, 7) is 3.78. The van der Waals surface area contributed by atoms with Crippen molar-refractivity contribution in [3.63, 3.8) is 0 Å². The average Bonchev–Trinajstić information content (AvgIpc) is 2.75. The van der Waals surface area contributed by atoms with Gasteiger partial charge >= 0.3 is 18.0 Å². The highest BCUT2D eigenvalue weighted by Gasteiger charge is 2.64. The van der Waals surface area contributed by atoms with Crippen LogP contribution in [-0.4, -0.2) is 18.0 Å². The number of hydrogen-bond donors (Lipinski definition) is 0. The summed E-state index contributed by atoms with van der Waals surface area (Å²) in [5.41, 5.74) is -0.755. The Morgan fingerprint density at radius 2 is 1.38 bits per heavy atom. The van der Waals surface area contributed by atoms with Crippen LogP contribution in [0, 0.1) is 23.7 Å². The van der Waals surface area contributed by atoms with E-state index in [9.17, 15) is 26.3 Å². The molecule has 0 N–H and O–H groups in total. The SMILES string of the molecule is CCCC1=CC=C(OC(F)(F)C2CCC(C3CCC(CCC)CC3)CC2)C(F)(F)C1(F)F. The maximum Gasteiger partial charge on any atom is 0.400 e. The van der Waals surface area contributed by atoms with Crippen LogP contribution in [0.4, 0.5) is 26.3 Å². The number of halogens is 6. The van der Waals surface area contributed by atoms with E-state index in [4.69, 9.17) is 0 Å². The van der Waals surface area contributed by atoms with Crippen molar-refractivity contribution in [1.82, 2.24) is 0 Å². The van der Waals surface area contributed by atoms with Gasteiger partial charge in [-0.15, -0.1) is 0 Å². The molecule has 0 aliphatic heterocycles. The second-order valence-electron chi connectivity index (χ2n) is 9.97. The fourth-order valence-electron chi connectivity index (χ4n) is 5.86. The second-order valence-corrected chi connectivity index (χ2v) is 9.97. The van der Waals surface area contributed by atoms with E-state index in [0.29, 0.717) is 30.8 Å². The molecule has 0 unspecified atom stereocenters. The Morgan fingerprint density at radius 3 is 1.91 bits per heavy atom. The molecule has 0 saturated heterocycles. The Balaban J connectivity index is 1.59. The van der Waals surface area contributed by atoms with Crippen LogP contribution < -0.4 is 0 Å². The van der Waals surface area contributed by atoms with Crippen molar-refractivity contribution in [1.29, 1.82) is 0 Å². The van der Waals surface area contributed by atoms with Gasteiger partial charge in [0, 0.05) is 5.57 Å². The van der Waals surface area contributed by atoms with E-state index in [0.717, 1.165) is 24.8 Å². The lowest BCUT2D eigenvalue weighted by Crippen LogP contribution is -2.48. The summed E-state index contributed by atoms with van der Waals surface area (Å²) in [5.74, 6) is -10.5. The third kappa shape index (κ3) is 5.16. The van der Waals surface area contributed by atoms with Crippen molar-refractivity contribution in [2.24, 2.45) is 23.7 Å². The highest BCUT2D eigenvalue weighted by atomic mass is 19.3. The number of allylic oxidation sites excluding steroid dienone is 4. The van der Waals surface area contributed by atoms with Crippen molar-refractivity contribution in [3.05, 3.63) is 23.5 Å². The molecule has 3 rings (SSSR count). The molecule has 0 atom stereocenters. The van der Waals surface area contributed by atoms with Crippen molar-refractivity contribution >= 4 is 0 Å². The van der Waals surface area contributed by atoms with E-state index in [-0.39, 0.29) is 25.7 Å². The molecule has 0 radical (unpaired) electrons. The Morgan fingerprint density at radius 1 is 0.812 bits per heavy atom. The predicted molar refractivity (Wildman–Crippen MR) is 113 cm³/mol. The Hall–Kier alpha value is -1.14. The first-order valence-electron chi connectivity index (χ1n) is 12.3. The first-order chi connectivity index (χ1) is 15.0. The van der Waals surface area contributed by atoms with Crippen molar-refractivity contribution in [2.75, 3.05) is 0 Å². The van der Waals surface area contributed by atoms with Crippen LogP contribution >= 0.6 is 0 Å². The monoisotopic (exact) mass is 466 g/mol. The summed E-state index contributed by atoms with van der Waals surface area (Å²) in [6, 6.07) is 0. The van der Waals surface area contributed by atoms with Gasteiger partial charge in [-0.1, -0.05) is 52.0 Å². The number of rotatable bonds is 8. The van der Waals surface area contributed by atoms with Crippen molar-refractivity contribution in [3.8, 4) is 0 Å². The molecule has 0 heterocycles. The summed E-state index contributed by atoms with van der Waals surface area (Å²) in [4.78, 5) is 0. The summed E-state index contributed by atoms with van der Waals surface area (Å²) >= 11 is 0. The standard InChI is InChI=1S/C25H36F6O/c1-3-5-17-7-9-18(10-8-17)19-11-13-21(14-12-19)25(30,31)32-22-16-15-20(6-4-2)23(26,27)24(22,28)29/h15-19,21H,3-14H2,1-2H3. The van der Waals surface area contributed by atoms with Crippen LogP contribution in [0.15, 0.2) is 23.5 Å². The molecule has 3 aliphatic rings. The van der Waals surface area contributed by atoms with Crippen molar-refractivity contribution in [2.45, 2.75) is 109 Å². The van der Waals surface area contributed by atoms with Gasteiger partial charge in [0.05, 0.1) is 5.92 Å². The van der Waals surface area contributed by atoms with Crippen LogP contribution in [0.2, 0.25) is 0 Å². The van der Waals surface area contributed by atoms with Gasteiger partial charge < -0.3 is 4.74 Å². The molecule has 32 heavy (non-hydrogen) atoms. The minimum Gasteiger partial charge on any atom is -0.430 e. The molecule has 184 valence electrons. The lowest BCUT2D eigenvalue weighted by Gasteiger charge is -2.40. The van der Waals surface area contributed by atoms with Gasteiger partial charge in [0.1, 0.15) is 0 Å². The van der Waals surface area contributed by atoms with Gasteiger partial charge in [-0.05, 0) is 68.8 Å². The second kappa shape index (κ2) is 10.0. The first-order valence-corrected chi connectivity index (χ1v) is 12.3. The third-order valence-electron chi connectivity index (χ3n) is 7.81. The predicted octanol–water partition coefficient (Wildman–Crippen LogP) is 8.90. The zero-order valence-corrected chi connectivity index (χ0v) is 19.1. The molecule has 2 fully saturated rings. The zero-order chi connectivity index (χ0) is 23.6. The van der Waals surface area contributed by atoms with Gasteiger partial charge in [0.25, 0.3) is 0 Å². The molecule has 7 heteroatoms. The third-order valence-corrected chi connectivity index (χ3v) is 7.81. The quantitative estimate of drug-likeness (QED) is 0.325. The van der Waals surface area contributed by atoms with E-state index in [2.05, 4.69) is 11.7 Å². The van der Waals surface area contributed by atoms with Gasteiger partial charge in [0.15, 0.2) is 5.76 Å². The summed E-state index contributed by atoms with van der Waals surface area (Å²) in [5, 5.41) is 0. The smallest absolute Gasteiger partial charge is 0.400 e. The lowest BCUT2D eigenvalue weighted by molar-refractivity contribution is -0.288. The number of alkyl halides is 6. The minimum absolute atomic E-state index is 0.165. The van der Waals surface area contributed by atoms with Crippen LogP contribution in [0.1, 0.15) is 90.9 Å². The molecule has 0 aromatic rings. The maximum absolute atomic E-state index is 14.8. The highest BCUT2D eigenvalue weighted by molar-refractivity contribution is 5.35. The van der Waals surface area contributed by atoms with Crippen LogP contribution in [0.3, 0.4) is 0 Å². The van der Waals surface area contributed by atoms with E-state index in [1.165, 1.54) is 25.7 Å². The lowest BCUT2D eigenvalue weighted by atomic mass is 9.68. The summed E-state index contributed by atoms with van der Waals surface area (Å²) in [6.07, 6.45) is 6.17. The normalized spacial score (nSPS) is 32.8.